The van der Waals surface area contributed by atoms with Gasteiger partial charge in [-0.15, -0.1) is 0 Å². The number of anilines is 2. The van der Waals surface area contributed by atoms with E-state index in [1.54, 1.807) is 6.92 Å². The quantitative estimate of drug-likeness (QED) is 0.301. The van der Waals surface area contributed by atoms with E-state index in [0.29, 0.717) is 17.7 Å². The van der Waals surface area contributed by atoms with E-state index >= 15 is 0 Å². The Hall–Kier alpha value is -4.35. The number of alkyl halides is 3. The van der Waals surface area contributed by atoms with Gasteiger partial charge in [-0.25, -0.2) is 14.0 Å². The van der Waals surface area contributed by atoms with Crippen molar-refractivity contribution in [3.8, 4) is 11.1 Å². The van der Waals surface area contributed by atoms with Crippen molar-refractivity contribution >= 4 is 29.3 Å². The van der Waals surface area contributed by atoms with Gasteiger partial charge in [0.05, 0.1) is 17.7 Å². The van der Waals surface area contributed by atoms with Gasteiger partial charge in [0.15, 0.2) is 0 Å². The summed E-state index contributed by atoms with van der Waals surface area (Å²) in [5.41, 5.74) is 4.55. The number of urea groups is 1. The molecule has 0 fully saturated rings. The first kappa shape index (κ1) is 24.3. The summed E-state index contributed by atoms with van der Waals surface area (Å²) in [7, 11) is 0. The molecule has 0 radical (unpaired) electrons. The van der Waals surface area contributed by atoms with Crippen molar-refractivity contribution in [1.29, 1.82) is 0 Å². The highest BCUT2D eigenvalue weighted by atomic mass is 19.4. The number of hydrogen-bond acceptors (Lipinski definition) is 4. The van der Waals surface area contributed by atoms with Crippen LogP contribution in [0.2, 0.25) is 0 Å². The zero-order chi connectivity index (χ0) is 25.0. The summed E-state index contributed by atoms with van der Waals surface area (Å²) < 4.78 is 56.9. The molecule has 5 N–H and O–H groups in total. The number of halogens is 4. The van der Waals surface area contributed by atoms with Gasteiger partial charge in [0.25, 0.3) is 5.91 Å². The summed E-state index contributed by atoms with van der Waals surface area (Å²) in [5.74, 6) is -2.93. The number of aromatic nitrogens is 1. The Morgan fingerprint density at radius 2 is 1.65 bits per heavy atom. The molecule has 0 aliphatic heterocycles. The average molecular weight is 478 g/mol. The molecule has 3 rings (SSSR count). The topological polar surface area (TPSA) is 126 Å². The lowest BCUT2D eigenvalue weighted by atomic mass is 10.0. The van der Waals surface area contributed by atoms with Crippen molar-refractivity contribution in [1.82, 2.24) is 4.98 Å². The van der Waals surface area contributed by atoms with Gasteiger partial charge in [0.1, 0.15) is 11.5 Å². The maximum Gasteiger partial charge on any atom is 0.419 e. The third kappa shape index (κ3) is 5.34. The van der Waals surface area contributed by atoms with Crippen LogP contribution in [0, 0.1) is 5.82 Å². The Labute approximate surface area is 190 Å². The number of aromatic amines is 1. The van der Waals surface area contributed by atoms with Crippen molar-refractivity contribution in [2.24, 2.45) is 5.73 Å². The predicted octanol–water partition coefficient (Wildman–Crippen LogP) is 4.76. The molecule has 34 heavy (non-hydrogen) atoms. The molecule has 0 saturated heterocycles. The Balaban J connectivity index is 1.79. The van der Waals surface area contributed by atoms with E-state index in [-0.39, 0.29) is 34.8 Å². The number of primary amides is 1. The highest BCUT2D eigenvalue weighted by molar-refractivity contribution is 6.07. The number of nitrogens with one attached hydrogen (secondary N) is 3. The van der Waals surface area contributed by atoms with Gasteiger partial charge >= 0.3 is 18.2 Å². The Morgan fingerprint density at radius 1 is 1.03 bits per heavy atom. The van der Waals surface area contributed by atoms with Gasteiger partial charge in [0.2, 0.25) is 0 Å². The predicted molar refractivity (Wildman–Crippen MR) is 115 cm³/mol. The number of benzene rings is 2. The number of esters is 1. The molecule has 0 bridgehead atoms. The second-order valence-corrected chi connectivity index (χ2v) is 6.89. The van der Waals surface area contributed by atoms with Crippen molar-refractivity contribution in [3.63, 3.8) is 0 Å². The first-order valence-electron chi connectivity index (χ1n) is 9.74. The molecule has 178 valence electrons. The smallest absolute Gasteiger partial charge is 0.419 e. The number of hydrogen-bond donors (Lipinski definition) is 4. The van der Waals surface area contributed by atoms with E-state index in [0.717, 1.165) is 6.07 Å². The van der Waals surface area contributed by atoms with E-state index in [4.69, 9.17) is 10.5 Å². The van der Waals surface area contributed by atoms with Crippen molar-refractivity contribution < 1.29 is 36.7 Å². The summed E-state index contributed by atoms with van der Waals surface area (Å²) in [6.45, 7) is 1.74. The first-order chi connectivity index (χ1) is 16.0. The molecule has 0 spiro atoms. The standard InChI is InChI=1S/C22H18F4N4O4/c1-2-34-20(32)14-10-28-18(19(27)31)17(14)11-3-5-12(6-4-11)29-21(33)30-13-7-8-16(23)15(9-13)22(24,25)26/h3-10,28H,2H2,1H3,(H2,27,31)(H2,29,30,33). The van der Waals surface area contributed by atoms with Crippen LogP contribution >= 0.6 is 0 Å². The molecule has 2 aromatic carbocycles. The number of rotatable bonds is 6. The highest BCUT2D eigenvalue weighted by Crippen LogP contribution is 2.33. The molecule has 0 aliphatic rings. The van der Waals surface area contributed by atoms with Crippen molar-refractivity contribution in [2.45, 2.75) is 13.1 Å². The Morgan fingerprint density at radius 3 is 2.24 bits per heavy atom. The van der Waals surface area contributed by atoms with E-state index < -0.39 is 35.5 Å². The number of carbonyl (C=O) groups excluding carboxylic acids is 3. The lowest BCUT2D eigenvalue weighted by Gasteiger charge is -2.12. The van der Waals surface area contributed by atoms with Gasteiger partial charge in [0, 0.05) is 23.1 Å². The third-order valence-electron chi connectivity index (χ3n) is 4.58. The summed E-state index contributed by atoms with van der Waals surface area (Å²) in [6.07, 6.45) is -3.62. The second-order valence-electron chi connectivity index (χ2n) is 6.89. The molecule has 0 saturated carbocycles. The molecule has 0 aliphatic carbocycles. The summed E-state index contributed by atoms with van der Waals surface area (Å²) >= 11 is 0. The lowest BCUT2D eigenvalue weighted by molar-refractivity contribution is -0.139. The summed E-state index contributed by atoms with van der Waals surface area (Å²) in [5, 5.41) is 4.60. The molecule has 3 aromatic rings. The molecule has 12 heteroatoms. The summed E-state index contributed by atoms with van der Waals surface area (Å²) in [6, 6.07) is 7.05. The Bertz CT molecular complexity index is 1240. The van der Waals surface area contributed by atoms with Crippen molar-refractivity contribution in [2.75, 3.05) is 17.2 Å². The number of nitrogens with two attached hydrogens (primary N) is 1. The second kappa shape index (κ2) is 9.65. The number of H-pyrrole nitrogens is 1. The minimum atomic E-state index is -4.92. The minimum absolute atomic E-state index is 0.0155. The number of amides is 3. The van der Waals surface area contributed by atoms with Gasteiger partial charge in [-0.05, 0) is 42.8 Å². The molecule has 1 aromatic heterocycles. The first-order valence-corrected chi connectivity index (χ1v) is 9.74. The fourth-order valence-electron chi connectivity index (χ4n) is 3.12. The number of carbonyl (C=O) groups is 3. The average Bonchev–Trinajstić information content (AvgIpc) is 3.21. The highest BCUT2D eigenvalue weighted by Gasteiger charge is 2.34. The van der Waals surface area contributed by atoms with Gasteiger partial charge in [-0.1, -0.05) is 12.1 Å². The van der Waals surface area contributed by atoms with E-state index in [1.165, 1.54) is 30.5 Å². The fraction of sp³-hybridized carbons (Fsp3) is 0.136. The van der Waals surface area contributed by atoms with E-state index in [2.05, 4.69) is 15.6 Å². The van der Waals surface area contributed by atoms with Crippen molar-refractivity contribution in [3.05, 3.63) is 71.3 Å². The van der Waals surface area contributed by atoms with E-state index in [1.807, 2.05) is 0 Å². The Kier molecular flexibility index (Phi) is 6.89. The lowest BCUT2D eigenvalue weighted by Crippen LogP contribution is -2.20. The minimum Gasteiger partial charge on any atom is -0.462 e. The maximum atomic E-state index is 13.4. The van der Waals surface area contributed by atoms with Crippen LogP contribution in [0.3, 0.4) is 0 Å². The van der Waals surface area contributed by atoms with E-state index in [9.17, 15) is 31.9 Å². The van der Waals surface area contributed by atoms with Crippen LogP contribution in [0.25, 0.3) is 11.1 Å². The molecule has 0 unspecified atom stereocenters. The fourth-order valence-corrected chi connectivity index (χ4v) is 3.12. The molecule has 3 amide bonds. The normalized spacial score (nSPS) is 11.1. The molecule has 0 atom stereocenters. The maximum absolute atomic E-state index is 13.4. The van der Waals surface area contributed by atoms with Crippen LogP contribution in [0.4, 0.5) is 33.7 Å². The molecular weight excluding hydrogens is 460 g/mol. The largest absolute Gasteiger partial charge is 0.462 e. The zero-order valence-corrected chi connectivity index (χ0v) is 17.5. The molecule has 8 nitrogen and oxygen atoms in total. The van der Waals surface area contributed by atoms with Gasteiger partial charge in [-0.3, -0.25) is 4.79 Å². The zero-order valence-electron chi connectivity index (χ0n) is 17.5. The number of ether oxygens (including phenoxy) is 1. The van der Waals surface area contributed by atoms with Crippen LogP contribution in [-0.4, -0.2) is 29.5 Å². The van der Waals surface area contributed by atoms with Gasteiger partial charge in [-0.2, -0.15) is 13.2 Å². The van der Waals surface area contributed by atoms with Crippen LogP contribution < -0.4 is 16.4 Å². The SMILES string of the molecule is CCOC(=O)c1c[nH]c(C(N)=O)c1-c1ccc(NC(=O)Nc2ccc(F)c(C(F)(F)F)c2)cc1. The van der Waals surface area contributed by atoms with Crippen LogP contribution in [0.1, 0.15) is 33.3 Å². The third-order valence-corrected chi connectivity index (χ3v) is 4.58. The van der Waals surface area contributed by atoms with Crippen LogP contribution in [0.5, 0.6) is 0 Å². The monoisotopic (exact) mass is 478 g/mol. The van der Waals surface area contributed by atoms with Crippen LogP contribution in [-0.2, 0) is 10.9 Å². The molecular formula is C22H18F4N4O4. The summed E-state index contributed by atoms with van der Waals surface area (Å²) in [4.78, 5) is 38.8. The molecule has 1 heterocycles. The van der Waals surface area contributed by atoms with Crippen LogP contribution in [0.15, 0.2) is 48.7 Å². The van der Waals surface area contributed by atoms with Gasteiger partial charge < -0.3 is 26.1 Å².